The quantitative estimate of drug-likeness (QED) is 0.682. The van der Waals surface area contributed by atoms with Gasteiger partial charge in [0.1, 0.15) is 5.82 Å². The van der Waals surface area contributed by atoms with Crippen molar-refractivity contribution in [3.8, 4) is 22.5 Å². The summed E-state index contributed by atoms with van der Waals surface area (Å²) in [4.78, 5) is 0. The van der Waals surface area contributed by atoms with Gasteiger partial charge in [0.15, 0.2) is 11.6 Å². The van der Waals surface area contributed by atoms with Crippen molar-refractivity contribution in [2.24, 2.45) is 0 Å². The molecule has 0 unspecified atom stereocenters. The number of anilines is 1. The van der Waals surface area contributed by atoms with Gasteiger partial charge >= 0.3 is 0 Å². The van der Waals surface area contributed by atoms with E-state index in [0.29, 0.717) is 27.5 Å². The van der Waals surface area contributed by atoms with Gasteiger partial charge in [-0.1, -0.05) is 44.8 Å². The van der Waals surface area contributed by atoms with E-state index in [-0.39, 0.29) is 11.6 Å². The molecule has 0 aliphatic carbocycles. The van der Waals surface area contributed by atoms with Crippen LogP contribution in [0.2, 0.25) is 5.02 Å². The second-order valence-corrected chi connectivity index (χ2v) is 5.73. The van der Waals surface area contributed by atoms with Crippen LogP contribution in [0.25, 0.3) is 22.5 Å². The number of halogens is 3. The molecule has 0 radical (unpaired) electrons. The van der Waals surface area contributed by atoms with Gasteiger partial charge in [0.2, 0.25) is 0 Å². The Bertz CT molecular complexity index is 819. The van der Waals surface area contributed by atoms with E-state index in [9.17, 15) is 4.39 Å². The van der Waals surface area contributed by atoms with Gasteiger partial charge in [-0.3, -0.25) is 0 Å². The minimum absolute atomic E-state index is 0.189. The highest BCUT2D eigenvalue weighted by Crippen LogP contribution is 2.40. The van der Waals surface area contributed by atoms with E-state index in [1.807, 2.05) is 6.07 Å². The minimum Gasteiger partial charge on any atom is -0.380 e. The molecule has 6 heteroatoms. The van der Waals surface area contributed by atoms with Crippen LogP contribution >= 0.6 is 27.5 Å². The Morgan fingerprint density at radius 2 is 2.00 bits per heavy atom. The lowest BCUT2D eigenvalue weighted by Gasteiger charge is -2.05. The summed E-state index contributed by atoms with van der Waals surface area (Å²) in [5.41, 5.74) is 7.62. The SMILES string of the molecule is Nc1noc(-c2ccc(Br)cc2Cl)c1-c1cccc(F)c1. The first kappa shape index (κ1) is 14.1. The van der Waals surface area contributed by atoms with Crippen LogP contribution in [0, 0.1) is 5.82 Å². The van der Waals surface area contributed by atoms with E-state index in [1.165, 1.54) is 12.1 Å². The molecule has 106 valence electrons. The van der Waals surface area contributed by atoms with Crippen LogP contribution in [0.4, 0.5) is 10.2 Å². The molecule has 0 aliphatic heterocycles. The number of hydrogen-bond acceptors (Lipinski definition) is 3. The van der Waals surface area contributed by atoms with Gasteiger partial charge < -0.3 is 10.3 Å². The van der Waals surface area contributed by atoms with Crippen LogP contribution in [-0.4, -0.2) is 5.16 Å². The molecule has 3 aromatic rings. The molecule has 1 aromatic heterocycles. The molecular weight excluding hydrogens is 359 g/mol. The Labute approximate surface area is 133 Å². The highest BCUT2D eigenvalue weighted by Gasteiger charge is 2.20. The zero-order valence-electron chi connectivity index (χ0n) is 10.6. The number of nitrogens with zero attached hydrogens (tertiary/aromatic N) is 1. The van der Waals surface area contributed by atoms with E-state index >= 15 is 0 Å². The molecule has 3 rings (SSSR count). The van der Waals surface area contributed by atoms with Gasteiger partial charge in [-0.2, -0.15) is 0 Å². The van der Waals surface area contributed by atoms with Crippen LogP contribution < -0.4 is 5.73 Å². The number of aromatic nitrogens is 1. The Kier molecular flexibility index (Phi) is 3.69. The fourth-order valence-corrected chi connectivity index (χ4v) is 2.84. The van der Waals surface area contributed by atoms with Gasteiger partial charge in [-0.05, 0) is 35.9 Å². The number of nitrogen functional groups attached to an aromatic ring is 1. The Morgan fingerprint density at radius 1 is 1.19 bits per heavy atom. The number of benzene rings is 2. The summed E-state index contributed by atoms with van der Waals surface area (Å²) in [6.07, 6.45) is 0. The Hall–Kier alpha value is -1.85. The molecule has 0 amide bonds. The van der Waals surface area contributed by atoms with Crippen molar-refractivity contribution in [1.29, 1.82) is 0 Å². The summed E-state index contributed by atoms with van der Waals surface area (Å²) in [5.74, 6) is 0.242. The molecule has 0 fully saturated rings. The lowest BCUT2D eigenvalue weighted by atomic mass is 10.0. The first-order valence-electron chi connectivity index (χ1n) is 6.03. The maximum absolute atomic E-state index is 13.4. The van der Waals surface area contributed by atoms with Crippen LogP contribution in [0.5, 0.6) is 0 Å². The predicted octanol–water partition coefficient (Wildman–Crippen LogP) is 5.15. The van der Waals surface area contributed by atoms with Gasteiger partial charge in [0.25, 0.3) is 0 Å². The highest BCUT2D eigenvalue weighted by atomic mass is 79.9. The summed E-state index contributed by atoms with van der Waals surface area (Å²) in [6.45, 7) is 0. The monoisotopic (exact) mass is 366 g/mol. The third kappa shape index (κ3) is 2.66. The van der Waals surface area contributed by atoms with Crippen LogP contribution in [0.1, 0.15) is 0 Å². The van der Waals surface area contributed by atoms with Crippen molar-refractivity contribution >= 4 is 33.3 Å². The smallest absolute Gasteiger partial charge is 0.178 e. The van der Waals surface area contributed by atoms with Gasteiger partial charge in [-0.25, -0.2) is 4.39 Å². The van der Waals surface area contributed by atoms with Gasteiger partial charge in [-0.15, -0.1) is 0 Å². The third-order valence-corrected chi connectivity index (χ3v) is 3.81. The lowest BCUT2D eigenvalue weighted by Crippen LogP contribution is -1.90. The first-order chi connectivity index (χ1) is 10.1. The van der Waals surface area contributed by atoms with Crippen LogP contribution in [-0.2, 0) is 0 Å². The minimum atomic E-state index is -0.360. The third-order valence-electron chi connectivity index (χ3n) is 3.01. The molecule has 0 spiro atoms. The summed E-state index contributed by atoms with van der Waals surface area (Å²) in [6, 6.07) is 11.4. The van der Waals surface area contributed by atoms with Crippen LogP contribution in [0.3, 0.4) is 0 Å². The maximum atomic E-state index is 13.4. The van der Waals surface area contributed by atoms with E-state index in [4.69, 9.17) is 21.9 Å². The number of nitrogens with two attached hydrogens (primary N) is 1. The molecule has 2 aromatic carbocycles. The zero-order valence-corrected chi connectivity index (χ0v) is 13.0. The van der Waals surface area contributed by atoms with Crippen molar-refractivity contribution in [1.82, 2.24) is 5.16 Å². The number of rotatable bonds is 2. The summed E-state index contributed by atoms with van der Waals surface area (Å²) < 4.78 is 19.6. The van der Waals surface area contributed by atoms with Crippen molar-refractivity contribution in [3.63, 3.8) is 0 Å². The molecular formula is C15H9BrClFN2O. The van der Waals surface area contributed by atoms with Crippen molar-refractivity contribution in [2.75, 3.05) is 5.73 Å². The average molecular weight is 368 g/mol. The van der Waals surface area contributed by atoms with Crippen molar-refractivity contribution < 1.29 is 8.91 Å². The summed E-state index contributed by atoms with van der Waals surface area (Å²) in [5, 5.41) is 4.26. The van der Waals surface area contributed by atoms with E-state index < -0.39 is 0 Å². The molecule has 0 saturated carbocycles. The fraction of sp³-hybridized carbons (Fsp3) is 0. The van der Waals surface area contributed by atoms with E-state index in [2.05, 4.69) is 21.1 Å². The average Bonchev–Trinajstić information content (AvgIpc) is 2.80. The van der Waals surface area contributed by atoms with Crippen molar-refractivity contribution in [2.45, 2.75) is 0 Å². The molecule has 1 heterocycles. The molecule has 0 saturated heterocycles. The molecule has 2 N–H and O–H groups in total. The van der Waals surface area contributed by atoms with E-state index in [0.717, 1.165) is 4.47 Å². The largest absolute Gasteiger partial charge is 0.380 e. The van der Waals surface area contributed by atoms with Crippen molar-refractivity contribution in [3.05, 3.63) is 57.8 Å². The van der Waals surface area contributed by atoms with Crippen LogP contribution in [0.15, 0.2) is 51.5 Å². The van der Waals surface area contributed by atoms with Gasteiger partial charge in [0, 0.05) is 10.0 Å². The lowest BCUT2D eigenvalue weighted by molar-refractivity contribution is 0.436. The zero-order chi connectivity index (χ0) is 15.0. The first-order valence-corrected chi connectivity index (χ1v) is 7.20. The number of hydrogen-bond donors (Lipinski definition) is 1. The molecule has 3 nitrogen and oxygen atoms in total. The Balaban J connectivity index is 2.22. The molecule has 21 heavy (non-hydrogen) atoms. The molecule has 0 bridgehead atoms. The topological polar surface area (TPSA) is 52.0 Å². The normalized spacial score (nSPS) is 10.8. The van der Waals surface area contributed by atoms with E-state index in [1.54, 1.807) is 24.3 Å². The summed E-state index contributed by atoms with van der Waals surface area (Å²) in [7, 11) is 0. The standard InChI is InChI=1S/C15H9BrClFN2O/c16-9-4-5-11(12(17)7-9)14-13(15(19)20-21-14)8-2-1-3-10(18)6-8/h1-7H,(H2,19,20). The molecule has 0 aliphatic rings. The fourth-order valence-electron chi connectivity index (χ4n) is 2.08. The predicted molar refractivity (Wildman–Crippen MR) is 84.5 cm³/mol. The Morgan fingerprint density at radius 3 is 2.71 bits per heavy atom. The second-order valence-electron chi connectivity index (χ2n) is 4.41. The highest BCUT2D eigenvalue weighted by molar-refractivity contribution is 9.10. The summed E-state index contributed by atoms with van der Waals surface area (Å²) >= 11 is 9.57. The maximum Gasteiger partial charge on any atom is 0.178 e. The molecule has 0 atom stereocenters. The second kappa shape index (κ2) is 5.50. The van der Waals surface area contributed by atoms with Gasteiger partial charge in [0.05, 0.1) is 10.6 Å².